The Balaban J connectivity index is 1.98. The molecule has 3 N–H and O–H groups in total. The molecule has 1 amide bonds. The normalized spacial score (nSPS) is 13.9. The Morgan fingerprint density at radius 2 is 1.95 bits per heavy atom. The van der Waals surface area contributed by atoms with Gasteiger partial charge < -0.3 is 11.1 Å². The van der Waals surface area contributed by atoms with Crippen LogP contribution in [-0.2, 0) is 4.79 Å². The van der Waals surface area contributed by atoms with E-state index in [1.54, 1.807) is 11.0 Å². The molecule has 6 heteroatoms. The largest absolute Gasteiger partial charge is 0.348 e. The zero-order valence-corrected chi connectivity index (χ0v) is 13.2. The molecule has 0 aliphatic heterocycles. The van der Waals surface area contributed by atoms with Gasteiger partial charge in [-0.05, 0) is 37.0 Å². The number of nitrogens with zero attached hydrogens (tertiary/aromatic N) is 3. The van der Waals surface area contributed by atoms with Gasteiger partial charge in [0.25, 0.3) is 0 Å². The number of carbonyl (C=O) groups excluding carboxylic acids is 1. The van der Waals surface area contributed by atoms with Gasteiger partial charge in [-0.1, -0.05) is 26.0 Å². The van der Waals surface area contributed by atoms with Crippen LogP contribution in [0.3, 0.4) is 0 Å². The summed E-state index contributed by atoms with van der Waals surface area (Å²) in [7, 11) is 0. The van der Waals surface area contributed by atoms with Crippen LogP contribution in [0.25, 0.3) is 5.69 Å². The second-order valence-electron chi connectivity index (χ2n) is 5.90. The molecule has 0 bridgehead atoms. The first-order valence-corrected chi connectivity index (χ1v) is 7.48. The molecular formula is C16H23N5O. The molecule has 0 radical (unpaired) electrons. The van der Waals surface area contributed by atoms with Crippen molar-refractivity contribution >= 4 is 5.91 Å². The van der Waals surface area contributed by atoms with Crippen LogP contribution in [0.5, 0.6) is 0 Å². The van der Waals surface area contributed by atoms with Crippen LogP contribution < -0.4 is 11.1 Å². The third-order valence-corrected chi connectivity index (χ3v) is 3.50. The molecule has 0 saturated carbocycles. The lowest BCUT2D eigenvalue weighted by Gasteiger charge is -2.19. The van der Waals surface area contributed by atoms with Crippen LogP contribution in [0.4, 0.5) is 0 Å². The molecule has 0 aliphatic carbocycles. The summed E-state index contributed by atoms with van der Waals surface area (Å²) in [5.41, 5.74) is 7.85. The number of hydrogen-bond donors (Lipinski definition) is 2. The van der Waals surface area contributed by atoms with Gasteiger partial charge in [-0.15, -0.1) is 0 Å². The van der Waals surface area contributed by atoms with E-state index in [0.717, 1.165) is 11.3 Å². The van der Waals surface area contributed by atoms with E-state index < -0.39 is 6.04 Å². The summed E-state index contributed by atoms with van der Waals surface area (Å²) >= 11 is 0. The second kappa shape index (κ2) is 7.17. The van der Waals surface area contributed by atoms with Crippen LogP contribution >= 0.6 is 0 Å². The Morgan fingerprint density at radius 1 is 1.27 bits per heavy atom. The summed E-state index contributed by atoms with van der Waals surface area (Å²) in [6.07, 6.45) is 3.82. The maximum atomic E-state index is 12.1. The first kappa shape index (κ1) is 16.2. The van der Waals surface area contributed by atoms with Crippen molar-refractivity contribution in [1.29, 1.82) is 0 Å². The summed E-state index contributed by atoms with van der Waals surface area (Å²) in [5.74, 6) is 0.291. The summed E-state index contributed by atoms with van der Waals surface area (Å²) < 4.78 is 1.69. The number of aromatic nitrogens is 3. The number of nitrogens with two attached hydrogens (primary N) is 1. The lowest BCUT2D eigenvalue weighted by Crippen LogP contribution is -2.42. The molecule has 118 valence electrons. The van der Waals surface area contributed by atoms with Crippen molar-refractivity contribution in [3.63, 3.8) is 0 Å². The number of nitrogens with one attached hydrogen (secondary N) is 1. The molecule has 1 heterocycles. The Hall–Kier alpha value is -2.21. The Morgan fingerprint density at radius 3 is 2.50 bits per heavy atom. The monoisotopic (exact) mass is 301 g/mol. The molecule has 2 rings (SSSR count). The number of benzene rings is 1. The molecule has 1 unspecified atom stereocenters. The fourth-order valence-corrected chi connectivity index (χ4v) is 2.28. The molecular weight excluding hydrogens is 278 g/mol. The van der Waals surface area contributed by atoms with E-state index in [1.807, 2.05) is 31.2 Å². The van der Waals surface area contributed by atoms with E-state index in [-0.39, 0.29) is 11.9 Å². The number of hydrogen-bond acceptors (Lipinski definition) is 4. The third-order valence-electron chi connectivity index (χ3n) is 3.50. The Labute approximate surface area is 130 Å². The third kappa shape index (κ3) is 4.14. The summed E-state index contributed by atoms with van der Waals surface area (Å²) in [5, 5.41) is 7.04. The zero-order valence-electron chi connectivity index (χ0n) is 13.2. The van der Waals surface area contributed by atoms with Gasteiger partial charge >= 0.3 is 0 Å². The smallest absolute Gasteiger partial charge is 0.237 e. The highest BCUT2D eigenvalue weighted by molar-refractivity contribution is 5.81. The van der Waals surface area contributed by atoms with E-state index in [0.29, 0.717) is 12.3 Å². The second-order valence-corrected chi connectivity index (χ2v) is 5.90. The maximum Gasteiger partial charge on any atom is 0.237 e. The molecule has 0 spiro atoms. The van der Waals surface area contributed by atoms with E-state index >= 15 is 0 Å². The van der Waals surface area contributed by atoms with E-state index in [1.165, 1.54) is 6.33 Å². The molecule has 6 nitrogen and oxygen atoms in total. The van der Waals surface area contributed by atoms with Crippen molar-refractivity contribution in [2.75, 3.05) is 0 Å². The lowest BCUT2D eigenvalue weighted by molar-refractivity contribution is -0.123. The molecule has 2 atom stereocenters. The van der Waals surface area contributed by atoms with Gasteiger partial charge in [-0.25, -0.2) is 9.67 Å². The highest BCUT2D eigenvalue weighted by Gasteiger charge is 2.17. The van der Waals surface area contributed by atoms with Crippen molar-refractivity contribution in [2.24, 2.45) is 11.7 Å². The SMILES string of the molecule is CC(C)C[C@H](N)C(=O)NC(C)c1ccc(-n2cncn2)cc1. The highest BCUT2D eigenvalue weighted by Crippen LogP contribution is 2.15. The van der Waals surface area contributed by atoms with Crippen molar-refractivity contribution in [3.05, 3.63) is 42.5 Å². The quantitative estimate of drug-likeness (QED) is 0.852. The number of carbonyl (C=O) groups is 1. The minimum atomic E-state index is -0.461. The Bertz CT molecular complexity index is 592. The average molecular weight is 301 g/mol. The van der Waals surface area contributed by atoms with Crippen LogP contribution in [0.2, 0.25) is 0 Å². The van der Waals surface area contributed by atoms with E-state index in [4.69, 9.17) is 5.73 Å². The van der Waals surface area contributed by atoms with Crippen LogP contribution in [-0.4, -0.2) is 26.7 Å². The van der Waals surface area contributed by atoms with Crippen LogP contribution in [0.1, 0.15) is 38.8 Å². The number of rotatable bonds is 6. The van der Waals surface area contributed by atoms with Gasteiger partial charge in [0.05, 0.1) is 17.8 Å². The van der Waals surface area contributed by atoms with Crippen molar-refractivity contribution in [3.8, 4) is 5.69 Å². The molecule has 22 heavy (non-hydrogen) atoms. The van der Waals surface area contributed by atoms with Crippen LogP contribution in [0, 0.1) is 5.92 Å². The maximum absolute atomic E-state index is 12.1. The first-order valence-electron chi connectivity index (χ1n) is 7.48. The minimum Gasteiger partial charge on any atom is -0.348 e. The summed E-state index contributed by atoms with van der Waals surface area (Å²) in [4.78, 5) is 16.0. The standard InChI is InChI=1S/C16H23N5O/c1-11(2)8-15(17)16(22)20-12(3)13-4-6-14(7-5-13)21-10-18-9-19-21/h4-7,9-12,15H,8,17H2,1-3H3,(H,20,22)/t12?,15-/m0/s1. The van der Waals surface area contributed by atoms with Gasteiger partial charge in [0.2, 0.25) is 5.91 Å². The van der Waals surface area contributed by atoms with E-state index in [2.05, 4.69) is 29.2 Å². The molecule has 0 fully saturated rings. The molecule has 1 aromatic carbocycles. The summed E-state index contributed by atoms with van der Waals surface area (Å²) in [6.45, 7) is 6.06. The average Bonchev–Trinajstić information content (AvgIpc) is 3.00. The predicted octanol–water partition coefficient (Wildman–Crippen LogP) is 1.82. The number of amides is 1. The molecule has 2 aromatic rings. The topological polar surface area (TPSA) is 85.8 Å². The fraction of sp³-hybridized carbons (Fsp3) is 0.438. The van der Waals surface area contributed by atoms with Gasteiger partial charge in [0.15, 0.2) is 0 Å². The first-order chi connectivity index (χ1) is 10.5. The minimum absolute atomic E-state index is 0.0875. The van der Waals surface area contributed by atoms with E-state index in [9.17, 15) is 4.79 Å². The fourth-order valence-electron chi connectivity index (χ4n) is 2.28. The van der Waals surface area contributed by atoms with Gasteiger partial charge in [0, 0.05) is 0 Å². The molecule has 0 aliphatic rings. The van der Waals surface area contributed by atoms with Gasteiger partial charge in [-0.2, -0.15) is 5.10 Å². The Kier molecular flexibility index (Phi) is 5.27. The molecule has 1 aromatic heterocycles. The lowest BCUT2D eigenvalue weighted by atomic mass is 10.0. The highest BCUT2D eigenvalue weighted by atomic mass is 16.2. The predicted molar refractivity (Wildman–Crippen MR) is 85.3 cm³/mol. The van der Waals surface area contributed by atoms with Crippen LogP contribution in [0.15, 0.2) is 36.9 Å². The van der Waals surface area contributed by atoms with Crippen molar-refractivity contribution in [2.45, 2.75) is 39.3 Å². The van der Waals surface area contributed by atoms with Crippen molar-refractivity contribution in [1.82, 2.24) is 20.1 Å². The van der Waals surface area contributed by atoms with Crippen molar-refractivity contribution < 1.29 is 4.79 Å². The van der Waals surface area contributed by atoms with Gasteiger partial charge in [-0.3, -0.25) is 4.79 Å². The van der Waals surface area contributed by atoms with Gasteiger partial charge in [0.1, 0.15) is 12.7 Å². The summed E-state index contributed by atoms with van der Waals surface area (Å²) in [6, 6.07) is 7.28. The molecule has 0 saturated heterocycles. The zero-order chi connectivity index (χ0) is 16.1.